The summed E-state index contributed by atoms with van der Waals surface area (Å²) in [6.45, 7) is 0. The molecule has 0 unspecified atom stereocenters. The summed E-state index contributed by atoms with van der Waals surface area (Å²) >= 11 is 9.62. The third-order valence-electron chi connectivity index (χ3n) is 1.49. The third-order valence-corrected chi connectivity index (χ3v) is 2.03. The average Bonchev–Trinajstić information content (AvgIpc) is 2.21. The Morgan fingerprint density at radius 2 is 0.800 bits per heavy atom. The number of hydrogen-bond acceptors (Lipinski definition) is 2. The topological polar surface area (TPSA) is 0 Å². The molecule has 2 aromatic carbocycles. The zero-order valence-corrected chi connectivity index (χ0v) is 11.8. The second-order valence-corrected chi connectivity index (χ2v) is 3.57. The second kappa shape index (κ2) is 8.84. The largest absolute Gasteiger partial charge is 2.00 e. The SMILES string of the molecule is [Pt+2].[S-]c1ccccc1.[S-]c1ccccc1. The average molecular weight is 413 g/mol. The minimum atomic E-state index is 0. The van der Waals surface area contributed by atoms with E-state index in [0.29, 0.717) is 0 Å². The first kappa shape index (κ1) is 14.6. The summed E-state index contributed by atoms with van der Waals surface area (Å²) in [4.78, 5) is 1.81. The summed E-state index contributed by atoms with van der Waals surface area (Å²) in [5.41, 5.74) is 0. The van der Waals surface area contributed by atoms with E-state index >= 15 is 0 Å². The van der Waals surface area contributed by atoms with Gasteiger partial charge in [0.2, 0.25) is 0 Å². The predicted octanol–water partition coefficient (Wildman–Crippen LogP) is 3.18. The normalized spacial score (nSPS) is 8.00. The quantitative estimate of drug-likeness (QED) is 0.609. The van der Waals surface area contributed by atoms with Crippen molar-refractivity contribution >= 4 is 25.3 Å². The van der Waals surface area contributed by atoms with Crippen LogP contribution < -0.4 is 0 Å². The van der Waals surface area contributed by atoms with Gasteiger partial charge < -0.3 is 25.3 Å². The summed E-state index contributed by atoms with van der Waals surface area (Å²) in [6, 6.07) is 19.2. The van der Waals surface area contributed by atoms with Crippen LogP contribution in [0.1, 0.15) is 0 Å². The number of benzene rings is 2. The van der Waals surface area contributed by atoms with E-state index in [1.165, 1.54) is 0 Å². The van der Waals surface area contributed by atoms with Crippen LogP contribution >= 0.6 is 0 Å². The molecular formula is C12H10PtS2. The standard InChI is InChI=1S/2C6H6S.Pt/c2*7-6-4-2-1-3-5-6;/h2*1-5,7H;/q;;+2/p-2. The first-order valence-electron chi connectivity index (χ1n) is 4.23. The van der Waals surface area contributed by atoms with E-state index in [4.69, 9.17) is 25.3 Å². The molecule has 0 aliphatic heterocycles. The van der Waals surface area contributed by atoms with Crippen molar-refractivity contribution in [1.29, 1.82) is 0 Å². The van der Waals surface area contributed by atoms with Gasteiger partial charge in [-0.15, -0.1) is 0 Å². The Kier molecular flexibility index (Phi) is 8.59. The van der Waals surface area contributed by atoms with E-state index in [1.54, 1.807) is 0 Å². The van der Waals surface area contributed by atoms with Crippen molar-refractivity contribution in [3.63, 3.8) is 0 Å². The van der Waals surface area contributed by atoms with Gasteiger partial charge in [-0.25, -0.2) is 0 Å². The Hall–Kier alpha value is -0.432. The molecule has 0 bridgehead atoms. The van der Waals surface area contributed by atoms with E-state index in [1.807, 2.05) is 60.7 Å². The smallest absolute Gasteiger partial charge is 0.780 e. The summed E-state index contributed by atoms with van der Waals surface area (Å²) < 4.78 is 0. The van der Waals surface area contributed by atoms with Gasteiger partial charge in [0.25, 0.3) is 0 Å². The molecule has 0 radical (unpaired) electrons. The van der Waals surface area contributed by atoms with E-state index in [9.17, 15) is 0 Å². The van der Waals surface area contributed by atoms with E-state index in [2.05, 4.69) is 0 Å². The summed E-state index contributed by atoms with van der Waals surface area (Å²) in [5, 5.41) is 0. The molecule has 0 nitrogen and oxygen atoms in total. The fourth-order valence-electron chi connectivity index (χ4n) is 0.841. The van der Waals surface area contributed by atoms with Crippen LogP contribution in [0.2, 0.25) is 0 Å². The third kappa shape index (κ3) is 7.49. The molecule has 0 N–H and O–H groups in total. The molecule has 2 rings (SSSR count). The Morgan fingerprint density at radius 1 is 0.533 bits per heavy atom. The minimum Gasteiger partial charge on any atom is -0.780 e. The van der Waals surface area contributed by atoms with Crippen molar-refractivity contribution in [1.82, 2.24) is 0 Å². The molecular weight excluding hydrogens is 403 g/mol. The first-order chi connectivity index (χ1) is 6.79. The van der Waals surface area contributed by atoms with Crippen LogP contribution in [0, 0.1) is 0 Å². The van der Waals surface area contributed by atoms with Gasteiger partial charge in [-0.2, -0.15) is 9.79 Å². The number of rotatable bonds is 0. The van der Waals surface area contributed by atoms with Gasteiger partial charge >= 0.3 is 21.1 Å². The Morgan fingerprint density at radius 3 is 0.933 bits per heavy atom. The van der Waals surface area contributed by atoms with Crippen LogP contribution in [-0.4, -0.2) is 0 Å². The van der Waals surface area contributed by atoms with Crippen LogP contribution in [0.5, 0.6) is 0 Å². The molecule has 0 spiro atoms. The van der Waals surface area contributed by atoms with Gasteiger partial charge in [-0.1, -0.05) is 60.7 Å². The van der Waals surface area contributed by atoms with Crippen LogP contribution in [-0.2, 0) is 46.3 Å². The van der Waals surface area contributed by atoms with Gasteiger partial charge in [0.05, 0.1) is 0 Å². The summed E-state index contributed by atoms with van der Waals surface area (Å²) in [6.07, 6.45) is 0. The maximum Gasteiger partial charge on any atom is 2.00 e. The number of hydrogen-bond donors (Lipinski definition) is 0. The van der Waals surface area contributed by atoms with Crippen molar-refractivity contribution in [3.05, 3.63) is 60.7 Å². The van der Waals surface area contributed by atoms with Crippen molar-refractivity contribution < 1.29 is 21.1 Å². The Balaban J connectivity index is 0.000000245. The fourth-order valence-corrected chi connectivity index (χ4v) is 1.16. The molecule has 3 heteroatoms. The second-order valence-electron chi connectivity index (χ2n) is 2.63. The molecule has 0 heterocycles. The minimum absolute atomic E-state index is 0. The van der Waals surface area contributed by atoms with Crippen molar-refractivity contribution in [2.75, 3.05) is 0 Å². The van der Waals surface area contributed by atoms with Crippen molar-refractivity contribution in [2.24, 2.45) is 0 Å². The van der Waals surface area contributed by atoms with Crippen molar-refractivity contribution in [3.8, 4) is 0 Å². The molecule has 0 aliphatic carbocycles. The van der Waals surface area contributed by atoms with E-state index in [-0.39, 0.29) is 21.1 Å². The molecule has 2 aromatic rings. The maximum absolute atomic E-state index is 4.81. The molecule has 0 fully saturated rings. The fraction of sp³-hybridized carbons (Fsp3) is 0. The van der Waals surface area contributed by atoms with Gasteiger partial charge in [0, 0.05) is 0 Å². The van der Waals surface area contributed by atoms with Crippen LogP contribution in [0.3, 0.4) is 0 Å². The molecule has 0 saturated carbocycles. The van der Waals surface area contributed by atoms with Crippen LogP contribution in [0.25, 0.3) is 0 Å². The summed E-state index contributed by atoms with van der Waals surface area (Å²) in [5.74, 6) is 0. The van der Waals surface area contributed by atoms with Gasteiger partial charge in [-0.05, 0) is 0 Å². The summed E-state index contributed by atoms with van der Waals surface area (Å²) in [7, 11) is 0. The van der Waals surface area contributed by atoms with Gasteiger partial charge in [0.1, 0.15) is 0 Å². The molecule has 0 aliphatic rings. The monoisotopic (exact) mass is 413 g/mol. The Bertz CT molecular complexity index is 311. The first-order valence-corrected chi connectivity index (χ1v) is 5.05. The maximum atomic E-state index is 4.81. The van der Waals surface area contributed by atoms with Gasteiger partial charge in [0.15, 0.2) is 0 Å². The molecule has 80 valence electrons. The molecule has 0 atom stereocenters. The van der Waals surface area contributed by atoms with E-state index in [0.717, 1.165) is 9.79 Å². The molecule has 0 amide bonds. The van der Waals surface area contributed by atoms with Gasteiger partial charge in [-0.3, -0.25) is 0 Å². The van der Waals surface area contributed by atoms with E-state index < -0.39 is 0 Å². The zero-order valence-electron chi connectivity index (χ0n) is 7.91. The Labute approximate surface area is 116 Å². The predicted molar refractivity (Wildman–Crippen MR) is 64.1 cm³/mol. The molecule has 0 saturated heterocycles. The molecule has 0 aromatic heterocycles. The zero-order chi connectivity index (χ0) is 10.2. The van der Waals surface area contributed by atoms with Crippen LogP contribution in [0.4, 0.5) is 0 Å². The van der Waals surface area contributed by atoms with Crippen molar-refractivity contribution in [2.45, 2.75) is 9.79 Å². The molecule has 15 heavy (non-hydrogen) atoms. The van der Waals surface area contributed by atoms with Crippen LogP contribution in [0.15, 0.2) is 70.5 Å².